The van der Waals surface area contributed by atoms with Crippen LogP contribution in [0.5, 0.6) is 0 Å². The topological polar surface area (TPSA) is 42.2 Å². The number of rotatable bonds is 14. The molecule has 1 aliphatic rings. The smallest absolute Gasteiger partial charge is 0.0431 e. The minimum absolute atomic E-state index is 0.373. The molecular formula is C18H39NO. The Morgan fingerprint density at radius 3 is 1.15 bits per heavy atom. The highest BCUT2D eigenvalue weighted by Gasteiger charge is 1.93. The maximum atomic E-state index is 8.64. The van der Waals surface area contributed by atoms with E-state index in [1.54, 1.807) is 0 Å². The number of aliphatic hydroxyl groups is 1. The maximum absolute atomic E-state index is 8.64. The molecular weight excluding hydrogens is 246 g/mol. The van der Waals surface area contributed by atoms with Crippen LogP contribution in [0.25, 0.3) is 0 Å². The molecule has 0 spiro atoms. The highest BCUT2D eigenvalue weighted by atomic mass is 16.2. The van der Waals surface area contributed by atoms with Gasteiger partial charge in [-0.3, -0.25) is 0 Å². The van der Waals surface area contributed by atoms with E-state index in [1.165, 1.54) is 96.6 Å². The molecule has 0 aromatic carbocycles. The standard InChI is InChI=1S/C16H34O.C2H5N/c1-2-3-4-5-6-7-8-9-10-11-12-13-14-15-16-17;1-2-3-1/h17H,2-16H2,1H3;3H,1-2H2. The summed E-state index contributed by atoms with van der Waals surface area (Å²) in [5, 5.41) is 11.6. The Bertz CT molecular complexity index is 143. The van der Waals surface area contributed by atoms with Crippen LogP contribution >= 0.6 is 0 Å². The van der Waals surface area contributed by atoms with E-state index < -0.39 is 0 Å². The first-order chi connectivity index (χ1) is 9.91. The number of hydrogen-bond acceptors (Lipinski definition) is 2. The molecule has 20 heavy (non-hydrogen) atoms. The first kappa shape index (κ1) is 19.9. The summed E-state index contributed by atoms with van der Waals surface area (Å²) in [7, 11) is 0. The predicted molar refractivity (Wildman–Crippen MR) is 90.3 cm³/mol. The Morgan fingerprint density at radius 1 is 0.600 bits per heavy atom. The average molecular weight is 286 g/mol. The zero-order valence-corrected chi connectivity index (χ0v) is 14.0. The van der Waals surface area contributed by atoms with Gasteiger partial charge < -0.3 is 10.4 Å². The quantitative estimate of drug-likeness (QED) is 0.346. The molecule has 0 amide bonds. The largest absolute Gasteiger partial charge is 0.396 e. The summed E-state index contributed by atoms with van der Waals surface area (Å²) in [6, 6.07) is 0. The summed E-state index contributed by atoms with van der Waals surface area (Å²) in [5.74, 6) is 0. The van der Waals surface area contributed by atoms with E-state index in [4.69, 9.17) is 5.11 Å². The van der Waals surface area contributed by atoms with Crippen molar-refractivity contribution in [2.24, 2.45) is 0 Å². The summed E-state index contributed by atoms with van der Waals surface area (Å²) in [6.45, 7) is 5.15. The van der Waals surface area contributed by atoms with Gasteiger partial charge in [0.15, 0.2) is 0 Å². The van der Waals surface area contributed by atoms with Gasteiger partial charge in [-0.05, 0) is 6.42 Å². The lowest BCUT2D eigenvalue weighted by molar-refractivity contribution is 0.282. The molecule has 2 N–H and O–H groups in total. The maximum Gasteiger partial charge on any atom is 0.0431 e. The Labute approximate surface area is 127 Å². The van der Waals surface area contributed by atoms with Crippen LogP contribution < -0.4 is 5.32 Å². The number of hydrogen-bond donors (Lipinski definition) is 2. The number of unbranched alkanes of at least 4 members (excludes halogenated alkanes) is 13. The molecule has 0 radical (unpaired) electrons. The van der Waals surface area contributed by atoms with E-state index in [9.17, 15) is 0 Å². The Kier molecular flexibility index (Phi) is 18.8. The van der Waals surface area contributed by atoms with Crippen LogP contribution in [0.15, 0.2) is 0 Å². The molecule has 1 heterocycles. The van der Waals surface area contributed by atoms with Crippen molar-refractivity contribution in [2.45, 2.75) is 96.8 Å². The lowest BCUT2D eigenvalue weighted by Gasteiger charge is -2.02. The fraction of sp³-hybridized carbons (Fsp3) is 1.00. The molecule has 2 nitrogen and oxygen atoms in total. The van der Waals surface area contributed by atoms with Crippen LogP contribution in [0, 0.1) is 0 Å². The molecule has 0 aliphatic carbocycles. The van der Waals surface area contributed by atoms with Crippen LogP contribution in [0.3, 0.4) is 0 Å². The lowest BCUT2D eigenvalue weighted by atomic mass is 10.0. The van der Waals surface area contributed by atoms with Crippen LogP contribution in [0.1, 0.15) is 96.8 Å². The van der Waals surface area contributed by atoms with Crippen molar-refractivity contribution < 1.29 is 5.11 Å². The number of nitrogens with one attached hydrogen (secondary N) is 1. The molecule has 1 saturated heterocycles. The van der Waals surface area contributed by atoms with E-state index in [0.717, 1.165) is 6.42 Å². The predicted octanol–water partition coefficient (Wildman–Crippen LogP) is 5.05. The zero-order chi connectivity index (χ0) is 14.7. The fourth-order valence-electron chi connectivity index (χ4n) is 2.31. The van der Waals surface area contributed by atoms with Gasteiger partial charge in [0.2, 0.25) is 0 Å². The highest BCUT2D eigenvalue weighted by Crippen LogP contribution is 2.12. The van der Waals surface area contributed by atoms with Gasteiger partial charge in [0.25, 0.3) is 0 Å². The van der Waals surface area contributed by atoms with E-state index >= 15 is 0 Å². The molecule has 0 bridgehead atoms. The lowest BCUT2D eigenvalue weighted by Crippen LogP contribution is -1.84. The third kappa shape index (κ3) is 23.0. The molecule has 0 atom stereocenters. The van der Waals surface area contributed by atoms with Gasteiger partial charge in [-0.1, -0.05) is 90.4 Å². The first-order valence-electron chi connectivity index (χ1n) is 9.23. The summed E-state index contributed by atoms with van der Waals surface area (Å²) in [4.78, 5) is 0. The van der Waals surface area contributed by atoms with Crippen molar-refractivity contribution >= 4 is 0 Å². The van der Waals surface area contributed by atoms with Gasteiger partial charge in [-0.2, -0.15) is 0 Å². The normalized spacial score (nSPS) is 12.9. The summed E-state index contributed by atoms with van der Waals surface area (Å²) < 4.78 is 0. The second-order valence-corrected chi connectivity index (χ2v) is 6.07. The van der Waals surface area contributed by atoms with Crippen molar-refractivity contribution in [3.8, 4) is 0 Å². The molecule has 0 unspecified atom stereocenters. The summed E-state index contributed by atoms with van der Waals surface area (Å²) in [5.41, 5.74) is 0. The summed E-state index contributed by atoms with van der Waals surface area (Å²) in [6.07, 6.45) is 19.2. The van der Waals surface area contributed by atoms with Crippen LogP contribution in [-0.2, 0) is 0 Å². The Morgan fingerprint density at radius 2 is 0.900 bits per heavy atom. The van der Waals surface area contributed by atoms with Gasteiger partial charge in [-0.15, -0.1) is 0 Å². The van der Waals surface area contributed by atoms with Crippen molar-refractivity contribution in [1.82, 2.24) is 5.32 Å². The molecule has 1 rings (SSSR count). The Balaban J connectivity index is 0.00000105. The van der Waals surface area contributed by atoms with E-state index in [0.29, 0.717) is 6.61 Å². The minimum atomic E-state index is 0.373. The third-order valence-corrected chi connectivity index (χ3v) is 3.76. The summed E-state index contributed by atoms with van der Waals surface area (Å²) >= 11 is 0. The van der Waals surface area contributed by atoms with E-state index in [1.807, 2.05) is 0 Å². The van der Waals surface area contributed by atoms with Crippen LogP contribution in [0.4, 0.5) is 0 Å². The molecule has 2 heteroatoms. The van der Waals surface area contributed by atoms with Gasteiger partial charge in [-0.25, -0.2) is 0 Å². The average Bonchev–Trinajstić information content (AvgIpc) is 3.32. The van der Waals surface area contributed by atoms with Crippen molar-refractivity contribution in [2.75, 3.05) is 19.7 Å². The van der Waals surface area contributed by atoms with E-state index in [2.05, 4.69) is 12.2 Å². The molecule has 1 aliphatic heterocycles. The van der Waals surface area contributed by atoms with E-state index in [-0.39, 0.29) is 0 Å². The second-order valence-electron chi connectivity index (χ2n) is 6.07. The van der Waals surface area contributed by atoms with Crippen LogP contribution in [-0.4, -0.2) is 24.8 Å². The second kappa shape index (κ2) is 18.9. The molecule has 0 aromatic rings. The highest BCUT2D eigenvalue weighted by molar-refractivity contribution is 4.58. The van der Waals surface area contributed by atoms with Gasteiger partial charge in [0, 0.05) is 19.7 Å². The zero-order valence-electron chi connectivity index (χ0n) is 14.0. The SMILES string of the molecule is C1CN1.CCCCCCCCCCCCCCCCO. The number of aliphatic hydroxyl groups excluding tert-OH is 1. The van der Waals surface area contributed by atoms with Gasteiger partial charge in [0.1, 0.15) is 0 Å². The molecule has 0 saturated carbocycles. The molecule has 122 valence electrons. The van der Waals surface area contributed by atoms with Gasteiger partial charge in [0.05, 0.1) is 0 Å². The van der Waals surface area contributed by atoms with Crippen LogP contribution in [0.2, 0.25) is 0 Å². The molecule has 0 aromatic heterocycles. The Hall–Kier alpha value is -0.0800. The fourth-order valence-corrected chi connectivity index (χ4v) is 2.31. The van der Waals surface area contributed by atoms with Crippen molar-refractivity contribution in [1.29, 1.82) is 0 Å². The first-order valence-corrected chi connectivity index (χ1v) is 9.23. The third-order valence-electron chi connectivity index (χ3n) is 3.76. The van der Waals surface area contributed by atoms with Crippen molar-refractivity contribution in [3.05, 3.63) is 0 Å². The monoisotopic (exact) mass is 285 g/mol. The minimum Gasteiger partial charge on any atom is -0.396 e. The molecule has 1 fully saturated rings. The van der Waals surface area contributed by atoms with Crippen molar-refractivity contribution in [3.63, 3.8) is 0 Å². The van der Waals surface area contributed by atoms with Gasteiger partial charge >= 0.3 is 0 Å².